The molecule has 2 unspecified atom stereocenters. The minimum Gasteiger partial charge on any atom is -0.491 e. The van der Waals surface area contributed by atoms with Crippen molar-refractivity contribution in [3.63, 3.8) is 0 Å². The van der Waals surface area contributed by atoms with Gasteiger partial charge in [-0.15, -0.1) is 0 Å². The fourth-order valence-corrected chi connectivity index (χ4v) is 4.96. The summed E-state index contributed by atoms with van der Waals surface area (Å²) in [6, 6.07) is 21.5. The lowest BCUT2D eigenvalue weighted by Gasteiger charge is -2.18. The lowest BCUT2D eigenvalue weighted by atomic mass is 10.0. The smallest absolute Gasteiger partial charge is 0.491 e. The number of ether oxygens (including phenoxy) is 1. The highest BCUT2D eigenvalue weighted by Crippen LogP contribution is 2.27. The van der Waals surface area contributed by atoms with E-state index in [0.29, 0.717) is 35.2 Å². The number of anilines is 1. The summed E-state index contributed by atoms with van der Waals surface area (Å²) in [5.74, 6) is -0.472. The molecule has 0 saturated carbocycles. The monoisotopic (exact) mass is 605 g/mol. The van der Waals surface area contributed by atoms with Gasteiger partial charge in [0.05, 0.1) is 0 Å². The highest BCUT2D eigenvalue weighted by Gasteiger charge is 2.46. The third-order valence-electron chi connectivity index (χ3n) is 6.47. The number of carboxylic acid groups (broad SMARTS) is 1. The Morgan fingerprint density at radius 3 is 2.31 bits per heavy atom. The Balaban J connectivity index is 1.40. The quantitative estimate of drug-likeness (QED) is 0.175. The van der Waals surface area contributed by atoms with Crippen LogP contribution in [-0.4, -0.2) is 60.0 Å². The second-order valence-corrected chi connectivity index (χ2v) is 11.5. The molecule has 0 bridgehead atoms. The highest BCUT2D eigenvalue weighted by molar-refractivity contribution is 7.93. The number of nitrogens with one attached hydrogen (secondary N) is 2. The van der Waals surface area contributed by atoms with Gasteiger partial charge in [0.2, 0.25) is 0 Å². The predicted molar refractivity (Wildman–Crippen MR) is 152 cm³/mol. The Morgan fingerprint density at radius 2 is 1.67 bits per heavy atom. The number of hydrogen-bond donors (Lipinski definition) is 4. The molecule has 0 radical (unpaired) electrons. The second kappa shape index (κ2) is 12.8. The van der Waals surface area contributed by atoms with E-state index in [1.807, 2.05) is 49.4 Å². The number of aromatic nitrogens is 1. The second-order valence-electron chi connectivity index (χ2n) is 9.85. The van der Waals surface area contributed by atoms with Crippen LogP contribution in [0.25, 0.3) is 10.9 Å². The molecule has 224 valence electrons. The Bertz CT molecular complexity index is 1620. The molecular formula is C29H30F3N3O6S. The number of nitrogens with zero attached hydrogens (tertiary/aromatic N) is 1. The number of benzene rings is 3. The predicted octanol–water partition coefficient (Wildman–Crippen LogP) is 4.61. The maximum absolute atomic E-state index is 12.6. The molecule has 0 spiro atoms. The molecule has 0 fully saturated rings. The van der Waals surface area contributed by atoms with Crippen molar-refractivity contribution < 1.29 is 41.3 Å². The summed E-state index contributed by atoms with van der Waals surface area (Å²) in [7, 11) is -5.55. The minimum absolute atomic E-state index is 0.00291. The fourth-order valence-electron chi connectivity index (χ4n) is 4.40. The third-order valence-corrected chi connectivity index (χ3v) is 7.58. The number of hydrogen-bond acceptors (Lipinski definition) is 6. The standard InChI is InChI=1S/C29H30F3N3O6S/c1-19(33-16-24(36)18-41-25-5-3-2-4-6-25)13-21-9-12-26-22(14-21)15-27(28(37)38)35(26)17-20-7-10-23(11-8-20)34-42(39,40)29(30,31)32/h2-12,14-15,19,24,33-34,36H,13,16-18H2,1H3,(H,37,38). The summed E-state index contributed by atoms with van der Waals surface area (Å²) in [6.45, 7) is 2.54. The number of carboxylic acids is 1. The van der Waals surface area contributed by atoms with Crippen LogP contribution in [0.5, 0.6) is 5.75 Å². The first-order valence-corrected chi connectivity index (χ1v) is 14.4. The summed E-state index contributed by atoms with van der Waals surface area (Å²) in [4.78, 5) is 12.0. The number of carbonyl (C=O) groups is 1. The van der Waals surface area contributed by atoms with Crippen molar-refractivity contribution in [1.29, 1.82) is 0 Å². The van der Waals surface area contributed by atoms with E-state index < -0.39 is 27.6 Å². The number of aliphatic hydroxyl groups is 1. The molecule has 2 atom stereocenters. The van der Waals surface area contributed by atoms with Crippen molar-refractivity contribution in [1.82, 2.24) is 9.88 Å². The van der Waals surface area contributed by atoms with Crippen molar-refractivity contribution in [2.24, 2.45) is 0 Å². The molecule has 0 saturated heterocycles. The lowest BCUT2D eigenvalue weighted by molar-refractivity contribution is -0.0429. The zero-order valence-corrected chi connectivity index (χ0v) is 23.3. The SMILES string of the molecule is CC(Cc1ccc2c(c1)cc(C(=O)O)n2Cc1ccc(NS(=O)(=O)C(F)(F)F)cc1)NCC(O)COc1ccccc1. The molecule has 1 aromatic heterocycles. The minimum atomic E-state index is -5.55. The Labute approximate surface area is 240 Å². The van der Waals surface area contributed by atoms with Gasteiger partial charge in [-0.25, -0.2) is 4.79 Å². The summed E-state index contributed by atoms with van der Waals surface area (Å²) >= 11 is 0. The fraction of sp³-hybridized carbons (Fsp3) is 0.276. The van der Waals surface area contributed by atoms with Crippen LogP contribution in [0.3, 0.4) is 0 Å². The van der Waals surface area contributed by atoms with Crippen LogP contribution in [0.2, 0.25) is 0 Å². The molecule has 0 aliphatic rings. The van der Waals surface area contributed by atoms with Crippen LogP contribution in [0.1, 0.15) is 28.5 Å². The van der Waals surface area contributed by atoms with Gasteiger partial charge >= 0.3 is 21.5 Å². The summed E-state index contributed by atoms with van der Waals surface area (Å²) in [5, 5.41) is 24.0. The van der Waals surface area contributed by atoms with E-state index in [1.54, 1.807) is 16.7 Å². The summed E-state index contributed by atoms with van der Waals surface area (Å²) < 4.78 is 69.2. The number of aliphatic hydroxyl groups excluding tert-OH is 1. The van der Waals surface area contributed by atoms with Crippen molar-refractivity contribution >= 4 is 32.6 Å². The molecule has 9 nitrogen and oxygen atoms in total. The van der Waals surface area contributed by atoms with E-state index in [1.165, 1.54) is 29.0 Å². The zero-order valence-electron chi connectivity index (χ0n) is 22.5. The summed E-state index contributed by atoms with van der Waals surface area (Å²) in [6.07, 6.45) is -0.0911. The van der Waals surface area contributed by atoms with Crippen LogP contribution < -0.4 is 14.8 Å². The van der Waals surface area contributed by atoms with E-state index >= 15 is 0 Å². The lowest BCUT2D eigenvalue weighted by Crippen LogP contribution is -2.37. The first kappa shape index (κ1) is 30.9. The average Bonchev–Trinajstić information content (AvgIpc) is 3.29. The molecule has 42 heavy (non-hydrogen) atoms. The number of aromatic carboxylic acids is 1. The normalized spacial score (nSPS) is 13.5. The number of fused-ring (bicyclic) bond motifs is 1. The van der Waals surface area contributed by atoms with Crippen molar-refractivity contribution in [3.8, 4) is 5.75 Å². The van der Waals surface area contributed by atoms with Gasteiger partial charge in [-0.2, -0.15) is 21.6 Å². The van der Waals surface area contributed by atoms with E-state index in [9.17, 15) is 36.6 Å². The van der Waals surface area contributed by atoms with Crippen LogP contribution >= 0.6 is 0 Å². The van der Waals surface area contributed by atoms with Crippen molar-refractivity contribution in [3.05, 3.63) is 95.7 Å². The van der Waals surface area contributed by atoms with Crippen LogP contribution in [0, 0.1) is 0 Å². The van der Waals surface area contributed by atoms with Gasteiger partial charge in [0.15, 0.2) is 0 Å². The van der Waals surface area contributed by atoms with Gasteiger partial charge in [0.1, 0.15) is 24.2 Å². The van der Waals surface area contributed by atoms with Crippen LogP contribution in [0.4, 0.5) is 18.9 Å². The van der Waals surface area contributed by atoms with E-state index in [2.05, 4.69) is 5.32 Å². The average molecular weight is 606 g/mol. The van der Waals surface area contributed by atoms with Gasteiger partial charge in [-0.3, -0.25) is 4.72 Å². The van der Waals surface area contributed by atoms with Gasteiger partial charge in [0.25, 0.3) is 0 Å². The largest absolute Gasteiger partial charge is 0.516 e. The van der Waals surface area contributed by atoms with Crippen molar-refractivity contribution in [2.45, 2.75) is 37.5 Å². The van der Waals surface area contributed by atoms with Crippen LogP contribution in [0.15, 0.2) is 78.9 Å². The molecule has 4 rings (SSSR count). The number of para-hydroxylation sites is 1. The molecule has 3 aromatic carbocycles. The Kier molecular flexibility index (Phi) is 9.44. The van der Waals surface area contributed by atoms with Crippen molar-refractivity contribution in [2.75, 3.05) is 17.9 Å². The maximum atomic E-state index is 12.6. The van der Waals surface area contributed by atoms with Crippen LogP contribution in [-0.2, 0) is 23.0 Å². The van der Waals surface area contributed by atoms with E-state index in [-0.39, 0.29) is 30.6 Å². The number of halogens is 3. The topological polar surface area (TPSA) is 130 Å². The molecule has 4 N–H and O–H groups in total. The molecule has 0 aliphatic heterocycles. The molecule has 13 heteroatoms. The zero-order chi connectivity index (χ0) is 30.5. The molecule has 0 amide bonds. The van der Waals surface area contributed by atoms with Gasteiger partial charge < -0.3 is 24.8 Å². The van der Waals surface area contributed by atoms with Gasteiger partial charge in [-0.1, -0.05) is 36.4 Å². The first-order chi connectivity index (χ1) is 19.8. The van der Waals surface area contributed by atoms with Gasteiger partial charge in [0, 0.05) is 35.7 Å². The number of rotatable bonds is 13. The number of alkyl halides is 3. The Morgan fingerprint density at radius 1 is 1.00 bits per heavy atom. The Hall–Kier alpha value is -4.07. The van der Waals surface area contributed by atoms with E-state index in [4.69, 9.17) is 4.74 Å². The maximum Gasteiger partial charge on any atom is 0.516 e. The molecule has 1 heterocycles. The summed E-state index contributed by atoms with van der Waals surface area (Å²) in [5.41, 5.74) is -3.54. The molecule has 4 aromatic rings. The third kappa shape index (κ3) is 7.81. The highest BCUT2D eigenvalue weighted by atomic mass is 32.2. The number of sulfonamides is 1. The first-order valence-electron chi connectivity index (χ1n) is 12.9. The van der Waals surface area contributed by atoms with E-state index in [0.717, 1.165) is 5.56 Å². The van der Waals surface area contributed by atoms with Gasteiger partial charge in [-0.05, 0) is 66.9 Å². The molecular weight excluding hydrogens is 575 g/mol. The molecule has 0 aliphatic carbocycles.